The van der Waals surface area contributed by atoms with Crippen LogP contribution in [0.5, 0.6) is 11.5 Å². The van der Waals surface area contributed by atoms with Crippen LogP contribution in [0.1, 0.15) is 11.1 Å². The summed E-state index contributed by atoms with van der Waals surface area (Å²) in [6, 6.07) is 17.3. The maximum absolute atomic E-state index is 5.45. The average Bonchev–Trinajstić information content (AvgIpc) is 2.80. The maximum Gasteiger partial charge on any atom is 0.231 e. The van der Waals surface area contributed by atoms with Crippen LogP contribution in [0.4, 0.5) is 0 Å². The first kappa shape index (κ1) is 9.28. The first-order valence-corrected chi connectivity index (χ1v) is 5.26. The lowest BCUT2D eigenvalue weighted by Gasteiger charge is -2.05. The van der Waals surface area contributed by atoms with Crippen molar-refractivity contribution < 1.29 is 9.47 Å². The molecule has 0 unspecified atom stereocenters. The van der Waals surface area contributed by atoms with Gasteiger partial charge in [-0.2, -0.15) is 0 Å². The van der Waals surface area contributed by atoms with E-state index in [0.717, 1.165) is 23.5 Å². The fourth-order valence-electron chi connectivity index (χ4n) is 1.86. The molecule has 79 valence electrons. The molecule has 0 saturated carbocycles. The number of ether oxygens (including phenoxy) is 2. The van der Waals surface area contributed by atoms with E-state index < -0.39 is 0 Å². The summed E-state index contributed by atoms with van der Waals surface area (Å²) >= 11 is 0. The van der Waals surface area contributed by atoms with Gasteiger partial charge in [-0.15, -0.1) is 0 Å². The number of benzene rings is 2. The lowest BCUT2D eigenvalue weighted by molar-refractivity contribution is 0.173. The van der Waals surface area contributed by atoms with E-state index in [9.17, 15) is 0 Å². The van der Waals surface area contributed by atoms with Gasteiger partial charge < -0.3 is 9.47 Å². The zero-order valence-electron chi connectivity index (χ0n) is 8.77. The molecule has 2 heteroatoms. The molecule has 1 heterocycles. The molecule has 0 atom stereocenters. The third-order valence-electron chi connectivity index (χ3n) is 2.63. The largest absolute Gasteiger partial charge is 0.454 e. The molecule has 0 amide bonds. The summed E-state index contributed by atoms with van der Waals surface area (Å²) in [4.78, 5) is 0. The zero-order chi connectivity index (χ0) is 10.8. The smallest absolute Gasteiger partial charge is 0.231 e. The van der Waals surface area contributed by atoms with Gasteiger partial charge in [0.15, 0.2) is 11.5 Å². The fourth-order valence-corrected chi connectivity index (χ4v) is 1.86. The van der Waals surface area contributed by atoms with Crippen molar-refractivity contribution in [3.63, 3.8) is 0 Å². The van der Waals surface area contributed by atoms with Gasteiger partial charge in [0.1, 0.15) is 0 Å². The van der Waals surface area contributed by atoms with E-state index in [2.05, 4.69) is 18.2 Å². The minimum absolute atomic E-state index is 0.314. The Balaban J connectivity index is 1.94. The van der Waals surface area contributed by atoms with Crippen molar-refractivity contribution in [2.45, 2.75) is 6.42 Å². The predicted molar refractivity (Wildman–Crippen MR) is 60.6 cm³/mol. The van der Waals surface area contributed by atoms with Crippen LogP contribution in [0, 0.1) is 6.07 Å². The van der Waals surface area contributed by atoms with E-state index in [1.807, 2.05) is 30.3 Å². The van der Waals surface area contributed by atoms with Crippen molar-refractivity contribution in [3.05, 3.63) is 59.7 Å². The number of fused-ring (bicyclic) bond motifs is 1. The third kappa shape index (κ3) is 1.63. The van der Waals surface area contributed by atoms with Gasteiger partial charge in [0, 0.05) is 12.0 Å². The first-order valence-electron chi connectivity index (χ1n) is 5.26. The van der Waals surface area contributed by atoms with Crippen LogP contribution in [0.3, 0.4) is 0 Å². The molecule has 0 saturated heterocycles. The van der Waals surface area contributed by atoms with Crippen LogP contribution < -0.4 is 9.47 Å². The minimum Gasteiger partial charge on any atom is -0.454 e. The second kappa shape index (κ2) is 3.89. The van der Waals surface area contributed by atoms with E-state index in [-0.39, 0.29) is 0 Å². The molecular formula is C14H11O2. The van der Waals surface area contributed by atoms with Gasteiger partial charge in [0.05, 0.1) is 0 Å². The molecule has 2 aromatic carbocycles. The van der Waals surface area contributed by atoms with E-state index >= 15 is 0 Å². The molecule has 0 aliphatic carbocycles. The average molecular weight is 211 g/mol. The van der Waals surface area contributed by atoms with Gasteiger partial charge in [-0.25, -0.2) is 0 Å². The molecule has 2 aromatic rings. The van der Waals surface area contributed by atoms with Gasteiger partial charge in [-0.1, -0.05) is 36.4 Å². The Morgan fingerprint density at radius 2 is 1.94 bits per heavy atom. The second-order valence-electron chi connectivity index (χ2n) is 3.72. The van der Waals surface area contributed by atoms with Gasteiger partial charge in [0.2, 0.25) is 6.79 Å². The Bertz CT molecular complexity index is 491. The molecule has 1 aliphatic rings. The van der Waals surface area contributed by atoms with Crippen molar-refractivity contribution in [3.8, 4) is 11.5 Å². The number of rotatable bonds is 2. The van der Waals surface area contributed by atoms with Crippen molar-refractivity contribution >= 4 is 0 Å². The molecule has 0 fully saturated rings. The Labute approximate surface area is 94.4 Å². The summed E-state index contributed by atoms with van der Waals surface area (Å²) in [7, 11) is 0. The summed E-state index contributed by atoms with van der Waals surface area (Å²) in [6.45, 7) is 0.314. The van der Waals surface area contributed by atoms with Crippen LogP contribution in [-0.4, -0.2) is 6.79 Å². The SMILES string of the molecule is [c]1ccc2c(c1Cc1ccccc1)OCO2. The van der Waals surface area contributed by atoms with E-state index in [1.165, 1.54) is 5.56 Å². The molecule has 0 aromatic heterocycles. The predicted octanol–water partition coefficient (Wildman–Crippen LogP) is 2.81. The molecule has 0 N–H and O–H groups in total. The topological polar surface area (TPSA) is 18.5 Å². The number of hydrogen-bond acceptors (Lipinski definition) is 2. The molecular weight excluding hydrogens is 200 g/mol. The normalized spacial score (nSPS) is 12.8. The zero-order valence-corrected chi connectivity index (χ0v) is 8.77. The second-order valence-corrected chi connectivity index (χ2v) is 3.72. The van der Waals surface area contributed by atoms with E-state index in [1.54, 1.807) is 0 Å². The standard InChI is InChI=1S/C14H11O2/c1-2-5-11(6-3-1)9-12-7-4-8-13-14(12)16-10-15-13/h1-6,8H,9-10H2. The summed E-state index contributed by atoms with van der Waals surface area (Å²) in [5.41, 5.74) is 2.31. The highest BCUT2D eigenvalue weighted by molar-refractivity contribution is 5.49. The molecule has 0 bridgehead atoms. The molecule has 1 aliphatic heterocycles. The van der Waals surface area contributed by atoms with Gasteiger partial charge in [-0.3, -0.25) is 0 Å². The van der Waals surface area contributed by atoms with Gasteiger partial charge in [0.25, 0.3) is 0 Å². The fraction of sp³-hybridized carbons (Fsp3) is 0.143. The summed E-state index contributed by atoms with van der Waals surface area (Å²) in [5, 5.41) is 0. The Morgan fingerprint density at radius 3 is 2.81 bits per heavy atom. The molecule has 2 nitrogen and oxygen atoms in total. The molecule has 3 rings (SSSR count). The minimum atomic E-state index is 0.314. The highest BCUT2D eigenvalue weighted by atomic mass is 16.7. The monoisotopic (exact) mass is 211 g/mol. The van der Waals surface area contributed by atoms with Crippen molar-refractivity contribution in [1.82, 2.24) is 0 Å². The lowest BCUT2D eigenvalue weighted by atomic mass is 10.0. The highest BCUT2D eigenvalue weighted by Gasteiger charge is 2.17. The summed E-state index contributed by atoms with van der Waals surface area (Å²) in [6.07, 6.45) is 0.827. The summed E-state index contributed by atoms with van der Waals surface area (Å²) < 4.78 is 10.8. The van der Waals surface area contributed by atoms with E-state index in [0.29, 0.717) is 6.79 Å². The number of hydrogen-bond donors (Lipinski definition) is 0. The van der Waals surface area contributed by atoms with E-state index in [4.69, 9.17) is 9.47 Å². The third-order valence-corrected chi connectivity index (χ3v) is 2.63. The van der Waals surface area contributed by atoms with Crippen molar-refractivity contribution in [2.75, 3.05) is 6.79 Å². The highest BCUT2D eigenvalue weighted by Crippen LogP contribution is 2.35. The van der Waals surface area contributed by atoms with Gasteiger partial charge >= 0.3 is 0 Å². The quantitative estimate of drug-likeness (QED) is 0.760. The Morgan fingerprint density at radius 1 is 1.06 bits per heavy atom. The Kier molecular flexibility index (Phi) is 2.26. The lowest BCUT2D eigenvalue weighted by Crippen LogP contribution is -1.95. The van der Waals surface area contributed by atoms with Crippen LogP contribution >= 0.6 is 0 Å². The van der Waals surface area contributed by atoms with Crippen LogP contribution in [-0.2, 0) is 6.42 Å². The molecule has 1 radical (unpaired) electrons. The maximum atomic E-state index is 5.45. The van der Waals surface area contributed by atoms with Crippen LogP contribution in [0.15, 0.2) is 42.5 Å². The van der Waals surface area contributed by atoms with Crippen molar-refractivity contribution in [2.24, 2.45) is 0 Å². The van der Waals surface area contributed by atoms with Crippen LogP contribution in [0.2, 0.25) is 0 Å². The molecule has 0 spiro atoms. The molecule has 16 heavy (non-hydrogen) atoms. The Hall–Kier alpha value is -1.96. The van der Waals surface area contributed by atoms with Crippen molar-refractivity contribution in [1.29, 1.82) is 0 Å². The van der Waals surface area contributed by atoms with Gasteiger partial charge in [-0.05, 0) is 17.7 Å². The first-order chi connectivity index (χ1) is 7.93. The van der Waals surface area contributed by atoms with Crippen LogP contribution in [0.25, 0.3) is 0 Å². The summed E-state index contributed by atoms with van der Waals surface area (Å²) in [5.74, 6) is 1.66.